The number of amides is 2. The number of allylic oxidation sites excluding steroid dienone is 2. The number of thiophene rings is 1. The number of rotatable bonds is 4. The quantitative estimate of drug-likeness (QED) is 0.697. The maximum absolute atomic E-state index is 13.5. The molecule has 8 heteroatoms. The van der Waals surface area contributed by atoms with Gasteiger partial charge in [0.05, 0.1) is 30.6 Å². The number of carbonyl (C=O) groups excluding carboxylic acids is 2. The van der Waals surface area contributed by atoms with Crippen LogP contribution in [0.25, 0.3) is 0 Å². The van der Waals surface area contributed by atoms with Crippen molar-refractivity contribution in [2.45, 2.75) is 32.6 Å². The monoisotopic (exact) mass is 444 g/mol. The van der Waals surface area contributed by atoms with Crippen LogP contribution in [0.5, 0.6) is 0 Å². The molecule has 4 aliphatic rings. The van der Waals surface area contributed by atoms with Crippen molar-refractivity contribution in [2.75, 3.05) is 31.6 Å². The number of nitrogens with zero attached hydrogens (tertiary/aromatic N) is 1. The van der Waals surface area contributed by atoms with Crippen molar-refractivity contribution in [3.8, 4) is 0 Å². The van der Waals surface area contributed by atoms with E-state index in [4.69, 9.17) is 4.74 Å². The maximum atomic E-state index is 13.5. The molecule has 0 spiro atoms. The second-order valence-electron chi connectivity index (χ2n) is 9.29. The molecule has 2 bridgehead atoms. The number of ether oxygens (including phenoxy) is 1. The zero-order valence-corrected chi connectivity index (χ0v) is 18.5. The van der Waals surface area contributed by atoms with Crippen LogP contribution in [0, 0.1) is 29.6 Å². The van der Waals surface area contributed by atoms with E-state index in [1.54, 1.807) is 4.90 Å². The zero-order chi connectivity index (χ0) is 21.7. The van der Waals surface area contributed by atoms with Crippen LogP contribution in [0.15, 0.2) is 12.2 Å². The summed E-state index contributed by atoms with van der Waals surface area (Å²) in [6.07, 6.45) is 7.41. The summed E-state index contributed by atoms with van der Waals surface area (Å²) in [5, 5.41) is 13.3. The number of hydrogen-bond donors (Lipinski definition) is 2. The van der Waals surface area contributed by atoms with Crippen molar-refractivity contribution >= 4 is 34.1 Å². The highest BCUT2D eigenvalue weighted by Gasteiger charge is 2.52. The van der Waals surface area contributed by atoms with Gasteiger partial charge < -0.3 is 20.1 Å². The molecule has 1 aliphatic heterocycles. The molecule has 2 heterocycles. The molecule has 0 radical (unpaired) electrons. The first-order chi connectivity index (χ1) is 14.9. The molecule has 2 N–H and O–H groups in total. The number of carboxylic acid groups (broad SMARTS) is 1. The van der Waals surface area contributed by atoms with Gasteiger partial charge in [0.15, 0.2) is 0 Å². The molecule has 1 aromatic rings. The number of hydrogen-bond acceptors (Lipinski definition) is 5. The summed E-state index contributed by atoms with van der Waals surface area (Å²) in [7, 11) is 0. The first kappa shape index (κ1) is 20.7. The fraction of sp³-hybridized carbons (Fsp3) is 0.609. The highest BCUT2D eigenvalue weighted by atomic mass is 32.1. The molecule has 7 nitrogen and oxygen atoms in total. The van der Waals surface area contributed by atoms with Gasteiger partial charge in [0.25, 0.3) is 5.91 Å². The Hall–Kier alpha value is -2.19. The van der Waals surface area contributed by atoms with Crippen molar-refractivity contribution in [2.24, 2.45) is 29.6 Å². The van der Waals surface area contributed by atoms with Crippen LogP contribution in [0.1, 0.15) is 40.6 Å². The summed E-state index contributed by atoms with van der Waals surface area (Å²) in [4.78, 5) is 41.6. The number of fused-ring (bicyclic) bond motifs is 3. The van der Waals surface area contributed by atoms with Gasteiger partial charge in [-0.3, -0.25) is 14.4 Å². The molecule has 2 amide bonds. The minimum Gasteiger partial charge on any atom is -0.481 e. The number of morpholine rings is 1. The second kappa shape index (κ2) is 8.06. The standard InChI is InChI=1S/C23H28N2O5S/c1-12-2-5-15-16(10-12)31-21(19(15)22(27)25-6-8-30-9-7-25)24-20(26)17-13-3-4-14(11-13)18(17)23(28)29/h3-4,12-14,17-18H,2,5-11H2,1H3,(H,24,26)(H,28,29)/t12-,13-,14-,17-,18-/m0/s1. The van der Waals surface area contributed by atoms with Crippen LogP contribution < -0.4 is 5.32 Å². The Morgan fingerprint density at radius 3 is 2.58 bits per heavy atom. The third kappa shape index (κ3) is 3.59. The minimum absolute atomic E-state index is 0.0425. The molecule has 5 rings (SSSR count). The molecule has 1 aromatic heterocycles. The van der Waals surface area contributed by atoms with E-state index in [0.29, 0.717) is 49.2 Å². The SMILES string of the molecule is C[C@H]1CCc2c(sc(NC(=O)[C@@H]3[C@@H](C(=O)O)[C@H]4C=C[C@H]3C4)c2C(=O)N2CCOCC2)C1. The lowest BCUT2D eigenvalue weighted by Gasteiger charge is -2.28. The van der Waals surface area contributed by atoms with Crippen LogP contribution >= 0.6 is 11.3 Å². The van der Waals surface area contributed by atoms with Crippen molar-refractivity contribution in [3.05, 3.63) is 28.2 Å². The van der Waals surface area contributed by atoms with Gasteiger partial charge >= 0.3 is 5.97 Å². The van der Waals surface area contributed by atoms with Crippen molar-refractivity contribution in [1.82, 2.24) is 4.90 Å². The van der Waals surface area contributed by atoms with E-state index in [1.165, 1.54) is 16.2 Å². The minimum atomic E-state index is -0.916. The lowest BCUT2D eigenvalue weighted by atomic mass is 9.82. The number of nitrogens with one attached hydrogen (secondary N) is 1. The molecule has 0 aromatic carbocycles. The summed E-state index contributed by atoms with van der Waals surface area (Å²) >= 11 is 1.50. The lowest BCUT2D eigenvalue weighted by molar-refractivity contribution is -0.146. The molecule has 166 valence electrons. The van der Waals surface area contributed by atoms with E-state index in [2.05, 4.69) is 12.2 Å². The third-order valence-corrected chi connectivity index (χ3v) is 8.48. The highest BCUT2D eigenvalue weighted by Crippen LogP contribution is 2.49. The molecular weight excluding hydrogens is 416 g/mol. The van der Waals surface area contributed by atoms with Crippen LogP contribution in [-0.4, -0.2) is 54.1 Å². The molecule has 5 atom stereocenters. The number of aliphatic carboxylic acids is 1. The maximum Gasteiger partial charge on any atom is 0.307 e. The van der Waals surface area contributed by atoms with Gasteiger partial charge in [-0.1, -0.05) is 19.1 Å². The fourth-order valence-electron chi connectivity index (χ4n) is 5.70. The van der Waals surface area contributed by atoms with Crippen molar-refractivity contribution < 1.29 is 24.2 Å². The lowest BCUT2D eigenvalue weighted by Crippen LogP contribution is -2.41. The van der Waals surface area contributed by atoms with Gasteiger partial charge in [0.2, 0.25) is 5.91 Å². The summed E-state index contributed by atoms with van der Waals surface area (Å²) in [5.41, 5.74) is 1.69. The molecule has 0 unspecified atom stereocenters. The Kier molecular flexibility index (Phi) is 5.38. The number of carbonyl (C=O) groups is 3. The van der Waals surface area contributed by atoms with Gasteiger partial charge in [0, 0.05) is 18.0 Å². The van der Waals surface area contributed by atoms with Gasteiger partial charge in [0.1, 0.15) is 5.00 Å². The van der Waals surface area contributed by atoms with Gasteiger partial charge in [-0.05, 0) is 49.0 Å². The van der Waals surface area contributed by atoms with Crippen molar-refractivity contribution in [3.63, 3.8) is 0 Å². The van der Waals surface area contributed by atoms with E-state index >= 15 is 0 Å². The Bertz CT molecular complexity index is 948. The molecule has 1 saturated carbocycles. The number of anilines is 1. The smallest absolute Gasteiger partial charge is 0.307 e. The third-order valence-electron chi connectivity index (χ3n) is 7.31. The molecule has 2 fully saturated rings. The Labute approximate surface area is 185 Å². The van der Waals surface area contributed by atoms with E-state index < -0.39 is 17.8 Å². The molecule has 31 heavy (non-hydrogen) atoms. The summed E-state index contributed by atoms with van der Waals surface area (Å²) < 4.78 is 5.40. The van der Waals surface area contributed by atoms with E-state index in [-0.39, 0.29) is 23.7 Å². The molecule has 3 aliphatic carbocycles. The summed E-state index contributed by atoms with van der Waals surface area (Å²) in [5.74, 6) is -2.08. The van der Waals surface area contributed by atoms with Crippen molar-refractivity contribution in [1.29, 1.82) is 0 Å². The predicted octanol–water partition coefficient (Wildman–Crippen LogP) is 2.81. The van der Waals surface area contributed by atoms with Crippen LogP contribution in [0.2, 0.25) is 0 Å². The van der Waals surface area contributed by atoms with Crippen LogP contribution in [-0.2, 0) is 27.2 Å². The highest BCUT2D eigenvalue weighted by molar-refractivity contribution is 7.17. The van der Waals surface area contributed by atoms with Crippen LogP contribution in [0.3, 0.4) is 0 Å². The molecular formula is C23H28N2O5S. The Balaban J connectivity index is 1.46. The zero-order valence-electron chi connectivity index (χ0n) is 17.6. The first-order valence-corrected chi connectivity index (χ1v) is 12.0. The second-order valence-corrected chi connectivity index (χ2v) is 10.4. The normalized spacial score (nSPS) is 31.5. The van der Waals surface area contributed by atoms with E-state index in [1.807, 2.05) is 12.2 Å². The Morgan fingerprint density at radius 1 is 1.16 bits per heavy atom. The van der Waals surface area contributed by atoms with Gasteiger partial charge in [-0.15, -0.1) is 11.3 Å². The fourth-order valence-corrected chi connectivity index (χ4v) is 7.11. The Morgan fingerprint density at radius 2 is 1.87 bits per heavy atom. The van der Waals surface area contributed by atoms with Gasteiger partial charge in [-0.25, -0.2) is 0 Å². The first-order valence-electron chi connectivity index (χ1n) is 11.2. The average Bonchev–Trinajstić information content (AvgIpc) is 3.46. The number of carboxylic acids is 1. The van der Waals surface area contributed by atoms with E-state index in [9.17, 15) is 19.5 Å². The largest absolute Gasteiger partial charge is 0.481 e. The average molecular weight is 445 g/mol. The summed E-state index contributed by atoms with van der Waals surface area (Å²) in [6, 6.07) is 0. The predicted molar refractivity (Wildman–Crippen MR) is 116 cm³/mol. The topological polar surface area (TPSA) is 95.9 Å². The van der Waals surface area contributed by atoms with Gasteiger partial charge in [-0.2, -0.15) is 0 Å². The molecule has 1 saturated heterocycles. The summed E-state index contributed by atoms with van der Waals surface area (Å²) in [6.45, 7) is 4.35. The van der Waals surface area contributed by atoms with E-state index in [0.717, 1.165) is 24.8 Å². The van der Waals surface area contributed by atoms with Crippen LogP contribution in [0.4, 0.5) is 5.00 Å².